The normalized spacial score (nSPS) is 20.4. The lowest BCUT2D eigenvalue weighted by molar-refractivity contribution is -0.207. The number of carbonyl (C=O) groups is 1. The molecular formula is C26H32O5S. The fraction of sp³-hybridized carbons (Fsp3) is 0.500. The predicted molar refractivity (Wildman–Crippen MR) is 123 cm³/mol. The number of ketones is 1. The molecule has 1 heterocycles. The number of benzene rings is 2. The van der Waals surface area contributed by atoms with Gasteiger partial charge in [0, 0.05) is 31.1 Å². The highest BCUT2D eigenvalue weighted by Crippen LogP contribution is 2.45. The zero-order chi connectivity index (χ0) is 22.8. The van der Waals surface area contributed by atoms with Crippen molar-refractivity contribution in [3.05, 3.63) is 65.2 Å². The van der Waals surface area contributed by atoms with Crippen molar-refractivity contribution in [2.75, 3.05) is 19.0 Å². The van der Waals surface area contributed by atoms with Gasteiger partial charge in [-0.15, -0.1) is 0 Å². The maximum atomic E-state index is 12.3. The second kappa shape index (κ2) is 9.46. The molecule has 4 rings (SSSR count). The third kappa shape index (κ3) is 4.68. The molecule has 32 heavy (non-hydrogen) atoms. The van der Waals surface area contributed by atoms with Gasteiger partial charge in [-0.25, -0.2) is 8.42 Å². The molecule has 1 unspecified atom stereocenters. The van der Waals surface area contributed by atoms with Crippen molar-refractivity contribution in [1.29, 1.82) is 0 Å². The van der Waals surface area contributed by atoms with Crippen LogP contribution in [0.1, 0.15) is 61.6 Å². The van der Waals surface area contributed by atoms with Crippen molar-refractivity contribution < 1.29 is 22.7 Å². The molecule has 2 aromatic rings. The van der Waals surface area contributed by atoms with Crippen molar-refractivity contribution in [2.24, 2.45) is 5.92 Å². The molecule has 5 nitrogen and oxygen atoms in total. The van der Waals surface area contributed by atoms with E-state index >= 15 is 0 Å². The SMILES string of the molecule is CCS(=O)(=O)c1ccc(C(CC2(C3CCC(=O)CC3)OCCO2)c2ccccc2C)cc1. The molecule has 172 valence electrons. The van der Waals surface area contributed by atoms with E-state index in [4.69, 9.17) is 9.47 Å². The number of aryl methyl sites for hydroxylation is 1. The number of hydrogen-bond donors (Lipinski definition) is 0. The average Bonchev–Trinajstić information content (AvgIpc) is 3.28. The molecule has 1 saturated carbocycles. The van der Waals surface area contributed by atoms with Gasteiger partial charge in [0.15, 0.2) is 15.6 Å². The van der Waals surface area contributed by atoms with Crippen LogP contribution < -0.4 is 0 Å². The summed E-state index contributed by atoms with van der Waals surface area (Å²) in [5.74, 6) is -0.155. The average molecular weight is 457 g/mol. The van der Waals surface area contributed by atoms with E-state index in [0.717, 1.165) is 18.4 Å². The van der Waals surface area contributed by atoms with Crippen molar-refractivity contribution in [2.45, 2.75) is 62.6 Å². The standard InChI is InChI=1S/C26H32O5S/c1-3-32(28,29)23-14-8-20(9-15-23)25(24-7-5-4-6-19(24)2)18-26(30-16-17-31-26)21-10-12-22(27)13-11-21/h4-9,14-15,21,25H,3,10-13,16-18H2,1-2H3. The summed E-state index contributed by atoms with van der Waals surface area (Å²) in [4.78, 5) is 12.2. The summed E-state index contributed by atoms with van der Waals surface area (Å²) in [7, 11) is -3.25. The van der Waals surface area contributed by atoms with Gasteiger partial charge in [0.2, 0.25) is 0 Å². The van der Waals surface area contributed by atoms with Crippen LogP contribution in [0, 0.1) is 12.8 Å². The molecule has 2 fully saturated rings. The van der Waals surface area contributed by atoms with Crippen LogP contribution in [-0.2, 0) is 24.1 Å². The van der Waals surface area contributed by atoms with Crippen LogP contribution in [0.25, 0.3) is 0 Å². The molecule has 2 aromatic carbocycles. The second-order valence-corrected chi connectivity index (χ2v) is 11.2. The highest BCUT2D eigenvalue weighted by molar-refractivity contribution is 7.91. The Morgan fingerprint density at radius 3 is 2.22 bits per heavy atom. The summed E-state index contributed by atoms with van der Waals surface area (Å²) in [5, 5.41) is 0. The first kappa shape index (κ1) is 23.1. The van der Waals surface area contributed by atoms with Crippen LogP contribution >= 0.6 is 0 Å². The topological polar surface area (TPSA) is 69.7 Å². The van der Waals surface area contributed by atoms with E-state index < -0.39 is 15.6 Å². The first-order chi connectivity index (χ1) is 15.3. The highest BCUT2D eigenvalue weighted by Gasteiger charge is 2.47. The zero-order valence-electron chi connectivity index (χ0n) is 18.9. The lowest BCUT2D eigenvalue weighted by atomic mass is 9.75. The largest absolute Gasteiger partial charge is 0.347 e. The van der Waals surface area contributed by atoms with Gasteiger partial charge in [-0.2, -0.15) is 0 Å². The van der Waals surface area contributed by atoms with Crippen LogP contribution in [0.15, 0.2) is 53.4 Å². The Hall–Kier alpha value is -2.02. The quantitative estimate of drug-likeness (QED) is 0.598. The van der Waals surface area contributed by atoms with Gasteiger partial charge in [0.25, 0.3) is 0 Å². The zero-order valence-corrected chi connectivity index (χ0v) is 19.7. The summed E-state index contributed by atoms with van der Waals surface area (Å²) in [6.45, 7) is 4.87. The van der Waals surface area contributed by atoms with E-state index in [1.54, 1.807) is 19.1 Å². The van der Waals surface area contributed by atoms with Gasteiger partial charge in [0.1, 0.15) is 5.78 Å². The fourth-order valence-electron chi connectivity index (χ4n) is 5.11. The minimum atomic E-state index is -3.25. The van der Waals surface area contributed by atoms with Crippen LogP contribution in [0.5, 0.6) is 0 Å². The van der Waals surface area contributed by atoms with Gasteiger partial charge in [-0.3, -0.25) is 4.79 Å². The summed E-state index contributed by atoms with van der Waals surface area (Å²) < 4.78 is 37.2. The molecule has 0 amide bonds. The van der Waals surface area contributed by atoms with Crippen molar-refractivity contribution >= 4 is 15.6 Å². The van der Waals surface area contributed by atoms with E-state index in [0.29, 0.717) is 43.2 Å². The first-order valence-electron chi connectivity index (χ1n) is 11.5. The van der Waals surface area contributed by atoms with E-state index in [1.807, 2.05) is 24.3 Å². The monoisotopic (exact) mass is 456 g/mol. The van der Waals surface area contributed by atoms with E-state index in [9.17, 15) is 13.2 Å². The minimum absolute atomic E-state index is 0.00897. The molecule has 0 N–H and O–H groups in total. The Balaban J connectivity index is 1.72. The second-order valence-electron chi connectivity index (χ2n) is 8.91. The fourth-order valence-corrected chi connectivity index (χ4v) is 6.00. The molecule has 2 aliphatic rings. The van der Waals surface area contributed by atoms with E-state index in [2.05, 4.69) is 19.1 Å². The Kier molecular flexibility index (Phi) is 6.84. The molecular weight excluding hydrogens is 424 g/mol. The van der Waals surface area contributed by atoms with Crippen LogP contribution in [0.4, 0.5) is 0 Å². The van der Waals surface area contributed by atoms with Gasteiger partial charge in [-0.1, -0.05) is 43.3 Å². The molecule has 0 aromatic heterocycles. The molecule has 0 bridgehead atoms. The molecule has 1 saturated heterocycles. The molecule has 0 radical (unpaired) electrons. The lowest BCUT2D eigenvalue weighted by Crippen LogP contribution is -2.43. The van der Waals surface area contributed by atoms with Gasteiger partial charge in [0.05, 0.1) is 23.9 Å². The number of ether oxygens (including phenoxy) is 2. The number of carbonyl (C=O) groups excluding carboxylic acids is 1. The number of hydrogen-bond acceptors (Lipinski definition) is 5. The van der Waals surface area contributed by atoms with Crippen LogP contribution in [0.2, 0.25) is 0 Å². The maximum absolute atomic E-state index is 12.3. The smallest absolute Gasteiger partial charge is 0.178 e. The van der Waals surface area contributed by atoms with Crippen molar-refractivity contribution in [1.82, 2.24) is 0 Å². The maximum Gasteiger partial charge on any atom is 0.178 e. The molecule has 6 heteroatoms. The van der Waals surface area contributed by atoms with E-state index in [-0.39, 0.29) is 17.6 Å². The summed E-state index contributed by atoms with van der Waals surface area (Å²) in [6, 6.07) is 15.6. The highest BCUT2D eigenvalue weighted by atomic mass is 32.2. The Bertz CT molecular complexity index is 1040. The van der Waals surface area contributed by atoms with Gasteiger partial charge in [-0.05, 0) is 48.6 Å². The molecule has 1 atom stereocenters. The van der Waals surface area contributed by atoms with Crippen LogP contribution in [0.3, 0.4) is 0 Å². The van der Waals surface area contributed by atoms with Crippen LogP contribution in [-0.4, -0.2) is 39.0 Å². The summed E-state index contributed by atoms with van der Waals surface area (Å²) in [5.41, 5.74) is 3.40. The van der Waals surface area contributed by atoms with Crippen molar-refractivity contribution in [3.8, 4) is 0 Å². The third-order valence-corrected chi connectivity index (χ3v) is 8.77. The predicted octanol–water partition coefficient (Wildman–Crippen LogP) is 4.81. The van der Waals surface area contributed by atoms with E-state index in [1.165, 1.54) is 11.1 Å². The summed E-state index contributed by atoms with van der Waals surface area (Å²) >= 11 is 0. The Morgan fingerprint density at radius 1 is 1.00 bits per heavy atom. The molecule has 1 aliphatic heterocycles. The number of rotatable bonds is 7. The Morgan fingerprint density at radius 2 is 1.62 bits per heavy atom. The van der Waals surface area contributed by atoms with Gasteiger partial charge >= 0.3 is 0 Å². The molecule has 0 spiro atoms. The number of Topliss-reactive ketones (excluding diaryl/α,β-unsaturated/α-hetero) is 1. The summed E-state index contributed by atoms with van der Waals surface area (Å²) in [6.07, 6.45) is 3.37. The Labute approximate surface area is 191 Å². The molecule has 1 aliphatic carbocycles. The van der Waals surface area contributed by atoms with Gasteiger partial charge < -0.3 is 9.47 Å². The third-order valence-electron chi connectivity index (χ3n) is 7.02. The van der Waals surface area contributed by atoms with Crippen molar-refractivity contribution in [3.63, 3.8) is 0 Å². The number of sulfone groups is 1. The lowest BCUT2D eigenvalue weighted by Gasteiger charge is -2.40. The first-order valence-corrected chi connectivity index (χ1v) is 13.2. The minimum Gasteiger partial charge on any atom is -0.347 e.